The molecule has 9 heteroatoms. The molecule has 31 heavy (non-hydrogen) atoms. The number of nitrogens with two attached hydrogens (primary N) is 1. The zero-order valence-electron chi connectivity index (χ0n) is 16.9. The summed E-state index contributed by atoms with van der Waals surface area (Å²) in [7, 11) is -4.99. The zero-order chi connectivity index (χ0) is 21.6. The van der Waals surface area contributed by atoms with Crippen molar-refractivity contribution in [1.29, 1.82) is 0 Å². The van der Waals surface area contributed by atoms with Crippen LogP contribution in [0.25, 0.3) is 0 Å². The Kier molecular flexibility index (Phi) is 6.40. The first kappa shape index (κ1) is 23.2. The van der Waals surface area contributed by atoms with Gasteiger partial charge in [0.2, 0.25) is 0 Å². The van der Waals surface area contributed by atoms with Crippen LogP contribution in [0.3, 0.4) is 0 Å². The fourth-order valence-electron chi connectivity index (χ4n) is 3.58. The number of benzene rings is 3. The van der Waals surface area contributed by atoms with Crippen LogP contribution in [-0.4, -0.2) is 24.5 Å². The summed E-state index contributed by atoms with van der Waals surface area (Å²) in [5.74, 6) is -1.08. The second kappa shape index (κ2) is 8.57. The number of rotatable bonds is 4. The molecule has 0 aromatic heterocycles. The number of ketones is 2. The number of hydrogen-bond acceptors (Lipinski definition) is 7. The molecule has 3 N–H and O–H groups in total. The Bertz CT molecular complexity index is 1320. The molecule has 0 unspecified atom stereocenters. The first-order valence-corrected chi connectivity index (χ1v) is 10.6. The van der Waals surface area contributed by atoms with Gasteiger partial charge >= 0.3 is 29.6 Å². The molecular weight excluding hydrogens is 427 g/mol. The van der Waals surface area contributed by atoms with Crippen LogP contribution >= 0.6 is 0 Å². The Morgan fingerprint density at radius 3 is 2.00 bits per heavy atom. The smallest absolute Gasteiger partial charge is 0.744 e. The molecule has 1 aliphatic carbocycles. The number of nitrogens with one attached hydrogen (secondary N) is 1. The summed E-state index contributed by atoms with van der Waals surface area (Å²) in [5.41, 5.74) is 7.06. The number of carbonyl (C=O) groups is 2. The van der Waals surface area contributed by atoms with Gasteiger partial charge in [0, 0.05) is 16.8 Å². The van der Waals surface area contributed by atoms with Gasteiger partial charge in [-0.15, -0.1) is 0 Å². The van der Waals surface area contributed by atoms with Crippen LogP contribution in [0.2, 0.25) is 0 Å². The maximum atomic E-state index is 13.2. The van der Waals surface area contributed by atoms with Crippen LogP contribution in [0, 0.1) is 0 Å². The fourth-order valence-corrected chi connectivity index (χ4v) is 4.21. The van der Waals surface area contributed by atoms with Crippen molar-refractivity contribution in [1.82, 2.24) is 0 Å². The van der Waals surface area contributed by atoms with Crippen molar-refractivity contribution in [2.24, 2.45) is 0 Å². The molecule has 152 valence electrons. The van der Waals surface area contributed by atoms with Crippen molar-refractivity contribution >= 4 is 38.7 Å². The zero-order valence-corrected chi connectivity index (χ0v) is 19.7. The van der Waals surface area contributed by atoms with E-state index in [0.29, 0.717) is 5.69 Å². The van der Waals surface area contributed by atoms with E-state index in [0.717, 1.165) is 18.1 Å². The van der Waals surface area contributed by atoms with Crippen LogP contribution in [0.4, 0.5) is 17.1 Å². The predicted octanol–water partition coefficient (Wildman–Crippen LogP) is 0.258. The SMILES string of the molecule is CCc1ccc(Nc2cc(S(=O)(=O)[O-])c(N)c3c2C(=O)c2ccccc2C3=O)cc1.[Na+]. The third-order valence-corrected chi connectivity index (χ3v) is 5.99. The molecule has 1 aliphatic rings. The molecule has 7 nitrogen and oxygen atoms in total. The second-order valence-electron chi connectivity index (χ2n) is 6.92. The van der Waals surface area contributed by atoms with E-state index >= 15 is 0 Å². The summed E-state index contributed by atoms with van der Waals surface area (Å²) in [4.78, 5) is 25.5. The number of hydrogen-bond donors (Lipinski definition) is 2. The Morgan fingerprint density at radius 2 is 1.48 bits per heavy atom. The standard InChI is InChI=1S/C22H18N2O5S.Na/c1-2-12-7-9-13(10-8-12)24-16-11-17(30(27,28)29)20(23)19-18(16)21(25)14-5-3-4-6-15(14)22(19)26;/h3-11,24H,2,23H2,1H3,(H,27,28,29);/q;+1/p-1. The summed E-state index contributed by atoms with van der Waals surface area (Å²) >= 11 is 0. The fraction of sp³-hybridized carbons (Fsp3) is 0.0909. The monoisotopic (exact) mass is 444 g/mol. The molecule has 0 heterocycles. The van der Waals surface area contributed by atoms with Gasteiger partial charge in [-0.25, -0.2) is 8.42 Å². The van der Waals surface area contributed by atoms with Crippen LogP contribution in [0.15, 0.2) is 59.5 Å². The minimum Gasteiger partial charge on any atom is -0.744 e. The number of aryl methyl sites for hydroxylation is 1. The molecule has 0 radical (unpaired) electrons. The average molecular weight is 444 g/mol. The topological polar surface area (TPSA) is 129 Å². The van der Waals surface area contributed by atoms with Gasteiger partial charge in [0.05, 0.1) is 27.4 Å². The third kappa shape index (κ3) is 4.05. The first-order chi connectivity index (χ1) is 14.2. The molecule has 0 fully saturated rings. The molecule has 0 saturated heterocycles. The molecule has 0 amide bonds. The maximum absolute atomic E-state index is 13.2. The molecule has 0 saturated carbocycles. The van der Waals surface area contributed by atoms with Crippen molar-refractivity contribution in [3.05, 3.63) is 82.4 Å². The number of nitrogen functional groups attached to an aromatic ring is 1. The quantitative estimate of drug-likeness (QED) is 0.262. The van der Waals surface area contributed by atoms with E-state index < -0.39 is 32.3 Å². The summed E-state index contributed by atoms with van der Waals surface area (Å²) in [6.45, 7) is 2.01. The van der Waals surface area contributed by atoms with Gasteiger partial charge in [0.1, 0.15) is 10.1 Å². The first-order valence-electron chi connectivity index (χ1n) is 9.19. The third-order valence-electron chi connectivity index (χ3n) is 5.11. The van der Waals surface area contributed by atoms with Gasteiger partial charge in [-0.2, -0.15) is 0 Å². The number of carbonyl (C=O) groups excluding carboxylic acids is 2. The van der Waals surface area contributed by atoms with Gasteiger partial charge in [-0.05, 0) is 30.2 Å². The Labute approximate surface area is 201 Å². The molecule has 4 rings (SSSR count). The Balaban J connectivity index is 0.00000272. The van der Waals surface area contributed by atoms with Gasteiger partial charge in [-0.3, -0.25) is 9.59 Å². The number of anilines is 3. The Morgan fingerprint density at radius 1 is 0.935 bits per heavy atom. The average Bonchev–Trinajstić information content (AvgIpc) is 2.72. The van der Waals surface area contributed by atoms with Crippen LogP contribution in [0.5, 0.6) is 0 Å². The van der Waals surface area contributed by atoms with E-state index in [1.165, 1.54) is 12.1 Å². The van der Waals surface area contributed by atoms with Crippen molar-refractivity contribution in [2.45, 2.75) is 18.2 Å². The molecule has 3 aromatic carbocycles. The normalized spacial score (nSPS) is 12.6. The van der Waals surface area contributed by atoms with E-state index in [1.807, 2.05) is 19.1 Å². The summed E-state index contributed by atoms with van der Waals surface area (Å²) in [6.07, 6.45) is 0.833. The molecular formula is C22H17N2NaO5S. The summed E-state index contributed by atoms with van der Waals surface area (Å²) in [5, 5.41) is 2.97. The van der Waals surface area contributed by atoms with E-state index in [4.69, 9.17) is 5.73 Å². The minimum absolute atomic E-state index is 0. The van der Waals surface area contributed by atoms with Crippen molar-refractivity contribution in [3.8, 4) is 0 Å². The molecule has 0 spiro atoms. The molecule has 0 atom stereocenters. The molecule has 0 bridgehead atoms. The van der Waals surface area contributed by atoms with Crippen molar-refractivity contribution in [3.63, 3.8) is 0 Å². The van der Waals surface area contributed by atoms with Gasteiger partial charge in [0.15, 0.2) is 11.6 Å². The number of fused-ring (bicyclic) bond motifs is 2. The van der Waals surface area contributed by atoms with Gasteiger partial charge in [0.25, 0.3) is 0 Å². The van der Waals surface area contributed by atoms with E-state index in [1.54, 1.807) is 24.3 Å². The second-order valence-corrected chi connectivity index (χ2v) is 8.27. The van der Waals surface area contributed by atoms with E-state index in [2.05, 4.69) is 5.32 Å². The van der Waals surface area contributed by atoms with Crippen LogP contribution in [-0.2, 0) is 16.5 Å². The van der Waals surface area contributed by atoms with Gasteiger partial charge < -0.3 is 15.6 Å². The largest absolute Gasteiger partial charge is 1.00 e. The maximum Gasteiger partial charge on any atom is 1.00 e. The predicted molar refractivity (Wildman–Crippen MR) is 111 cm³/mol. The Hall–Kier alpha value is -2.49. The molecule has 0 aliphatic heterocycles. The van der Waals surface area contributed by atoms with Crippen LogP contribution < -0.4 is 40.6 Å². The van der Waals surface area contributed by atoms with E-state index in [9.17, 15) is 22.6 Å². The van der Waals surface area contributed by atoms with Crippen molar-refractivity contribution in [2.75, 3.05) is 11.1 Å². The van der Waals surface area contributed by atoms with Crippen LogP contribution in [0.1, 0.15) is 44.3 Å². The summed E-state index contributed by atoms with van der Waals surface area (Å²) in [6, 6.07) is 14.5. The van der Waals surface area contributed by atoms with Crippen molar-refractivity contribution < 1.29 is 52.1 Å². The molecule has 3 aromatic rings. The minimum atomic E-state index is -4.99. The van der Waals surface area contributed by atoms with E-state index in [-0.39, 0.29) is 57.5 Å². The van der Waals surface area contributed by atoms with Gasteiger partial charge in [-0.1, -0.05) is 43.3 Å². The summed E-state index contributed by atoms with van der Waals surface area (Å²) < 4.78 is 35.4.